The van der Waals surface area contributed by atoms with Crippen LogP contribution in [0.15, 0.2) is 17.6 Å². The second kappa shape index (κ2) is 4.61. The Balaban J connectivity index is 1.96. The van der Waals surface area contributed by atoms with Gasteiger partial charge in [0.1, 0.15) is 22.2 Å². The van der Waals surface area contributed by atoms with Crippen molar-refractivity contribution < 1.29 is 8.78 Å². The molecule has 3 rings (SSSR count). The smallest absolute Gasteiger partial charge is 0.149 e. The average Bonchev–Trinajstić information content (AvgIpc) is 2.81. The highest BCUT2D eigenvalue weighted by atomic mass is 32.1. The number of rotatable bonds is 2. The van der Waals surface area contributed by atoms with E-state index in [9.17, 15) is 8.78 Å². The van der Waals surface area contributed by atoms with Crippen molar-refractivity contribution in [1.82, 2.24) is 10.2 Å². The predicted octanol–water partition coefficient (Wildman–Crippen LogP) is 2.77. The lowest BCUT2D eigenvalue weighted by molar-refractivity contribution is 0.561. The van der Waals surface area contributed by atoms with Crippen LogP contribution in [0.25, 0.3) is 0 Å². The van der Waals surface area contributed by atoms with E-state index in [0.29, 0.717) is 12.2 Å². The summed E-state index contributed by atoms with van der Waals surface area (Å²) >= 11 is 1.44. The summed E-state index contributed by atoms with van der Waals surface area (Å²) in [5, 5.41) is 8.57. The summed E-state index contributed by atoms with van der Waals surface area (Å²) in [6.45, 7) is 1.29. The molecule has 0 fully saturated rings. The minimum absolute atomic E-state index is 0.491. The van der Waals surface area contributed by atoms with Gasteiger partial charge in [-0.1, -0.05) is 0 Å². The highest BCUT2D eigenvalue weighted by Gasteiger charge is 2.22. The maximum absolute atomic E-state index is 13.9. The topological polar surface area (TPSA) is 29.0 Å². The molecule has 0 bridgehead atoms. The van der Waals surface area contributed by atoms with Gasteiger partial charge in [0.05, 0.1) is 12.2 Å². The van der Waals surface area contributed by atoms with Gasteiger partial charge in [-0.25, -0.2) is 8.78 Å². The maximum atomic E-state index is 13.9. The first-order valence-corrected chi connectivity index (χ1v) is 6.60. The molecule has 0 aliphatic carbocycles. The third-order valence-corrected chi connectivity index (χ3v) is 3.71. The van der Waals surface area contributed by atoms with Gasteiger partial charge in [0.15, 0.2) is 0 Å². The molecule has 1 aromatic carbocycles. The summed E-state index contributed by atoms with van der Waals surface area (Å²) in [5.74, 6) is -1.00. The largest absolute Gasteiger partial charge is 0.362 e. The Hall–Kier alpha value is -1.56. The van der Waals surface area contributed by atoms with Gasteiger partial charge in [0.25, 0.3) is 0 Å². The van der Waals surface area contributed by atoms with Gasteiger partial charge >= 0.3 is 0 Å². The molecule has 0 unspecified atom stereocenters. The van der Waals surface area contributed by atoms with Gasteiger partial charge in [0.2, 0.25) is 0 Å². The van der Waals surface area contributed by atoms with Gasteiger partial charge in [0, 0.05) is 12.6 Å². The van der Waals surface area contributed by atoms with Gasteiger partial charge < -0.3 is 4.90 Å². The summed E-state index contributed by atoms with van der Waals surface area (Å²) in [6, 6.07) is 2.36. The first-order chi connectivity index (χ1) is 8.74. The van der Waals surface area contributed by atoms with Crippen molar-refractivity contribution in [2.24, 2.45) is 0 Å². The normalized spacial score (nSPS) is 14.7. The van der Waals surface area contributed by atoms with Crippen LogP contribution in [0.4, 0.5) is 14.5 Å². The second-order valence-corrected chi connectivity index (χ2v) is 5.17. The number of hydrogen-bond acceptors (Lipinski definition) is 4. The number of halogens is 2. The molecule has 0 saturated carbocycles. The molecule has 94 valence electrons. The highest BCUT2D eigenvalue weighted by molar-refractivity contribution is 7.09. The Labute approximate surface area is 107 Å². The van der Waals surface area contributed by atoms with Gasteiger partial charge in [-0.15, -0.1) is 21.5 Å². The summed E-state index contributed by atoms with van der Waals surface area (Å²) in [6.07, 6.45) is 1.62. The molecule has 0 spiro atoms. The van der Waals surface area contributed by atoms with Crippen molar-refractivity contribution in [2.75, 3.05) is 11.4 Å². The average molecular weight is 267 g/mol. The molecule has 3 nitrogen and oxygen atoms in total. The fraction of sp³-hybridized carbons (Fsp3) is 0.333. The third-order valence-electron chi connectivity index (χ3n) is 3.03. The van der Waals surface area contributed by atoms with Crippen LogP contribution < -0.4 is 4.90 Å². The summed E-state index contributed by atoms with van der Waals surface area (Å²) in [7, 11) is 0. The minimum Gasteiger partial charge on any atom is -0.362 e. The monoisotopic (exact) mass is 267 g/mol. The quantitative estimate of drug-likeness (QED) is 0.837. The zero-order chi connectivity index (χ0) is 12.5. The van der Waals surface area contributed by atoms with Crippen molar-refractivity contribution in [2.45, 2.75) is 19.4 Å². The van der Waals surface area contributed by atoms with Crippen LogP contribution in [0.2, 0.25) is 0 Å². The number of nitrogens with zero attached hydrogens (tertiary/aromatic N) is 3. The molecule has 1 aliphatic rings. The standard InChI is InChI=1S/C12H11F2N3S/c13-9-4-8-2-1-3-17(12(8)10(14)5-9)6-11-16-15-7-18-11/h4-5,7H,1-3,6H2. The number of hydrogen-bond donors (Lipinski definition) is 0. The Morgan fingerprint density at radius 2 is 2.22 bits per heavy atom. The number of fused-ring (bicyclic) bond motifs is 1. The minimum atomic E-state index is -0.510. The van der Waals surface area contributed by atoms with E-state index in [-0.39, 0.29) is 0 Å². The fourth-order valence-electron chi connectivity index (χ4n) is 2.32. The second-order valence-electron chi connectivity index (χ2n) is 4.25. The molecule has 1 aromatic heterocycles. The molecule has 0 atom stereocenters. The number of aryl methyl sites for hydroxylation is 1. The molecule has 18 heavy (non-hydrogen) atoms. The first kappa shape index (κ1) is 11.5. The Morgan fingerprint density at radius 1 is 1.33 bits per heavy atom. The molecule has 2 aromatic rings. The maximum Gasteiger partial charge on any atom is 0.149 e. The van der Waals surface area contributed by atoms with E-state index in [0.717, 1.165) is 36.0 Å². The van der Waals surface area contributed by atoms with Gasteiger partial charge in [-0.05, 0) is 24.5 Å². The summed E-state index contributed by atoms with van der Waals surface area (Å²) in [5.41, 5.74) is 2.91. The molecule has 0 saturated heterocycles. The number of anilines is 1. The number of aromatic nitrogens is 2. The third kappa shape index (κ3) is 2.08. The lowest BCUT2D eigenvalue weighted by Crippen LogP contribution is -2.30. The van der Waals surface area contributed by atoms with Gasteiger partial charge in [-0.3, -0.25) is 0 Å². The van der Waals surface area contributed by atoms with Gasteiger partial charge in [-0.2, -0.15) is 0 Å². The molecule has 0 amide bonds. The van der Waals surface area contributed by atoms with Crippen molar-refractivity contribution in [3.63, 3.8) is 0 Å². The molecule has 2 heterocycles. The van der Waals surface area contributed by atoms with Crippen LogP contribution in [0, 0.1) is 11.6 Å². The molecule has 0 N–H and O–H groups in total. The van der Waals surface area contributed by atoms with E-state index >= 15 is 0 Å². The van der Waals surface area contributed by atoms with Crippen molar-refractivity contribution in [1.29, 1.82) is 0 Å². The van der Waals surface area contributed by atoms with Crippen LogP contribution in [0.3, 0.4) is 0 Å². The van der Waals surface area contributed by atoms with Crippen molar-refractivity contribution in [3.8, 4) is 0 Å². The highest BCUT2D eigenvalue weighted by Crippen LogP contribution is 2.32. The fourth-order valence-corrected chi connectivity index (χ4v) is 2.86. The van der Waals surface area contributed by atoms with Crippen molar-refractivity contribution in [3.05, 3.63) is 39.8 Å². The Morgan fingerprint density at radius 3 is 3.00 bits per heavy atom. The number of benzene rings is 1. The van der Waals surface area contributed by atoms with E-state index in [4.69, 9.17) is 0 Å². The van der Waals surface area contributed by atoms with Crippen LogP contribution in [0.5, 0.6) is 0 Å². The first-order valence-electron chi connectivity index (χ1n) is 5.72. The molecule has 0 radical (unpaired) electrons. The summed E-state index contributed by atoms with van der Waals surface area (Å²) < 4.78 is 27.1. The van der Waals surface area contributed by atoms with Crippen LogP contribution in [0.1, 0.15) is 17.0 Å². The Kier molecular flexibility index (Phi) is 2.95. The van der Waals surface area contributed by atoms with E-state index < -0.39 is 11.6 Å². The molecule has 6 heteroatoms. The van der Waals surface area contributed by atoms with E-state index in [1.165, 1.54) is 17.4 Å². The lowest BCUT2D eigenvalue weighted by Gasteiger charge is -2.30. The van der Waals surface area contributed by atoms with Crippen LogP contribution in [-0.4, -0.2) is 16.7 Å². The van der Waals surface area contributed by atoms with Crippen molar-refractivity contribution >= 4 is 17.0 Å². The lowest BCUT2D eigenvalue weighted by atomic mass is 10.0. The zero-order valence-corrected chi connectivity index (χ0v) is 10.4. The summed E-state index contributed by atoms with van der Waals surface area (Å²) in [4.78, 5) is 1.91. The van der Waals surface area contributed by atoms with Crippen LogP contribution >= 0.6 is 11.3 Å². The van der Waals surface area contributed by atoms with E-state index in [2.05, 4.69) is 10.2 Å². The van der Waals surface area contributed by atoms with E-state index in [1.54, 1.807) is 5.51 Å². The predicted molar refractivity (Wildman–Crippen MR) is 65.6 cm³/mol. The molecular weight excluding hydrogens is 256 g/mol. The Bertz CT molecular complexity index is 557. The van der Waals surface area contributed by atoms with Crippen LogP contribution in [-0.2, 0) is 13.0 Å². The van der Waals surface area contributed by atoms with E-state index in [1.807, 2.05) is 4.90 Å². The SMILES string of the molecule is Fc1cc(F)c2c(c1)CCCN2Cc1nncs1. The molecular formula is C12H11F2N3S. The molecule has 1 aliphatic heterocycles. The zero-order valence-electron chi connectivity index (χ0n) is 9.57.